The van der Waals surface area contributed by atoms with E-state index >= 15 is 0 Å². The molecule has 0 aromatic carbocycles. The minimum Gasteiger partial charge on any atom is -0.285 e. The first kappa shape index (κ1) is 16.5. The topological polar surface area (TPSA) is 136 Å². The minimum absolute atomic E-state index is 0.270. The van der Waals surface area contributed by atoms with Crippen molar-refractivity contribution >= 4 is 40.4 Å². The predicted molar refractivity (Wildman–Crippen MR) is 72.2 cm³/mol. The van der Waals surface area contributed by atoms with Gasteiger partial charge in [-0.05, 0) is 19.1 Å². The normalized spacial score (nSPS) is 12.5. The van der Waals surface area contributed by atoms with Crippen molar-refractivity contribution in [2.75, 3.05) is 0 Å². The first-order valence-corrected chi connectivity index (χ1v) is 8.58. The first-order valence-electron chi connectivity index (χ1n) is 4.92. The summed E-state index contributed by atoms with van der Waals surface area (Å²) in [4.78, 5) is 2.07. The predicted octanol–water partition coefficient (Wildman–Crippen LogP) is -1.19. The van der Waals surface area contributed by atoms with E-state index in [4.69, 9.17) is 4.55 Å². The zero-order valence-electron chi connectivity index (χ0n) is 9.96. The van der Waals surface area contributed by atoms with Gasteiger partial charge < -0.3 is 0 Å². The van der Waals surface area contributed by atoms with Gasteiger partial charge in [-0.2, -0.15) is 25.3 Å². The van der Waals surface area contributed by atoms with Gasteiger partial charge in [-0.25, -0.2) is 0 Å². The Kier molecular flexibility index (Phi) is 5.16. The lowest BCUT2D eigenvalue weighted by Crippen LogP contribution is -2.38. The van der Waals surface area contributed by atoms with Crippen LogP contribution < -0.4 is 0 Å². The summed E-state index contributed by atoms with van der Waals surface area (Å²) < 4.78 is 76.1. The molecule has 11 heteroatoms. The molecule has 0 radical (unpaired) electrons. The van der Waals surface area contributed by atoms with Crippen LogP contribution in [0.2, 0.25) is 0 Å². The van der Waals surface area contributed by atoms with Crippen LogP contribution >= 0.6 is 0 Å². The van der Waals surface area contributed by atoms with Crippen molar-refractivity contribution in [1.29, 1.82) is 0 Å². The Bertz CT molecular complexity index is 864. The molecule has 0 aliphatic heterocycles. The molecule has 0 aliphatic rings. The number of nitrogens with zero attached hydrogens (tertiary/aromatic N) is 1. The summed E-state index contributed by atoms with van der Waals surface area (Å²) >= 11 is 0. The second-order valence-electron chi connectivity index (χ2n) is 3.55. The van der Waals surface area contributed by atoms with Crippen molar-refractivity contribution in [1.82, 2.24) is 4.98 Å². The molecular weight excluding hydrogens is 330 g/mol. The van der Waals surface area contributed by atoms with E-state index in [9.17, 15) is 25.3 Å². The monoisotopic (exact) mass is 339 g/mol. The third-order valence-electron chi connectivity index (χ3n) is 2.27. The maximum Gasteiger partial charge on any atom is 0.278 e. The molecule has 1 atom stereocenters. The summed E-state index contributed by atoms with van der Waals surface area (Å²) in [5, 5.41) is -2.23. The highest BCUT2D eigenvalue weighted by atomic mass is 32.2. The second kappa shape index (κ2) is 6.26. The fourth-order valence-electron chi connectivity index (χ4n) is 1.43. The van der Waals surface area contributed by atoms with Crippen LogP contribution in [-0.2, 0) is 30.7 Å². The van der Waals surface area contributed by atoms with E-state index in [1.54, 1.807) is 0 Å². The van der Waals surface area contributed by atoms with E-state index in [0.717, 1.165) is 6.92 Å². The Morgan fingerprint density at radius 1 is 1.20 bits per heavy atom. The molecular formula is C9H9NO7S3. The van der Waals surface area contributed by atoms with E-state index in [1.807, 2.05) is 0 Å². The van der Waals surface area contributed by atoms with E-state index in [-0.39, 0.29) is 5.69 Å². The minimum atomic E-state index is -5.00. The van der Waals surface area contributed by atoms with Gasteiger partial charge in [0.05, 0.1) is 10.6 Å². The van der Waals surface area contributed by atoms with Gasteiger partial charge in [0.1, 0.15) is 4.86 Å². The Morgan fingerprint density at radius 2 is 1.80 bits per heavy atom. The lowest BCUT2D eigenvalue weighted by Gasteiger charge is -2.12. The summed E-state index contributed by atoms with van der Waals surface area (Å²) in [6.45, 7) is 0.886. The third-order valence-corrected chi connectivity index (χ3v) is 5.31. The molecule has 110 valence electrons. The van der Waals surface area contributed by atoms with Crippen LogP contribution in [0, 0.1) is 0 Å². The quantitative estimate of drug-likeness (QED) is 0.411. The molecule has 1 aromatic heterocycles. The van der Waals surface area contributed by atoms with Crippen molar-refractivity contribution in [3.63, 3.8) is 0 Å². The molecule has 1 N–H and O–H groups in total. The Hall–Kier alpha value is -1.56. The van der Waals surface area contributed by atoms with Crippen LogP contribution in [0.3, 0.4) is 0 Å². The molecule has 1 rings (SSSR count). The third kappa shape index (κ3) is 3.72. The largest absolute Gasteiger partial charge is 0.285 e. The van der Waals surface area contributed by atoms with Crippen molar-refractivity contribution in [2.45, 2.75) is 12.2 Å². The van der Waals surface area contributed by atoms with Crippen LogP contribution in [-0.4, -0.2) is 49.8 Å². The van der Waals surface area contributed by atoms with Gasteiger partial charge in [0.15, 0.2) is 5.25 Å². The number of hydrogen-bond acceptors (Lipinski definition) is 7. The molecule has 1 unspecified atom stereocenters. The summed E-state index contributed by atoms with van der Waals surface area (Å²) in [6.07, 6.45) is 1.20. The summed E-state index contributed by atoms with van der Waals surface area (Å²) in [5.74, 6) is 0. The average molecular weight is 339 g/mol. The molecule has 0 bridgehead atoms. The van der Waals surface area contributed by atoms with E-state index < -0.39 is 45.7 Å². The smallest absolute Gasteiger partial charge is 0.278 e. The van der Waals surface area contributed by atoms with Gasteiger partial charge in [-0.3, -0.25) is 9.54 Å². The van der Waals surface area contributed by atoms with E-state index in [1.165, 1.54) is 24.4 Å². The van der Waals surface area contributed by atoms with Gasteiger partial charge in [0.2, 0.25) is 20.6 Å². The van der Waals surface area contributed by atoms with Crippen molar-refractivity contribution in [2.24, 2.45) is 0 Å². The van der Waals surface area contributed by atoms with Crippen LogP contribution in [0.25, 0.3) is 0 Å². The highest BCUT2D eigenvalue weighted by Gasteiger charge is 2.35. The fraction of sp³-hybridized carbons (Fsp3) is 0.222. The van der Waals surface area contributed by atoms with Gasteiger partial charge in [-0.1, -0.05) is 6.07 Å². The van der Waals surface area contributed by atoms with E-state index in [2.05, 4.69) is 4.98 Å². The number of rotatable bonds is 4. The molecule has 1 heterocycles. The van der Waals surface area contributed by atoms with Gasteiger partial charge in [-0.15, -0.1) is 0 Å². The highest BCUT2D eigenvalue weighted by Crippen LogP contribution is 2.10. The molecule has 8 nitrogen and oxygen atoms in total. The molecule has 1 aromatic rings. The second-order valence-corrected chi connectivity index (χ2v) is 7.08. The zero-order chi connectivity index (χ0) is 15.5. The molecule has 0 fully saturated rings. The maximum atomic E-state index is 11.3. The lowest BCUT2D eigenvalue weighted by molar-refractivity contribution is 0.484. The van der Waals surface area contributed by atoms with Gasteiger partial charge in [0.25, 0.3) is 10.1 Å². The van der Waals surface area contributed by atoms with Crippen LogP contribution in [0.15, 0.2) is 24.4 Å². The van der Waals surface area contributed by atoms with Crippen LogP contribution in [0.5, 0.6) is 0 Å². The lowest BCUT2D eigenvalue weighted by atomic mass is 10.2. The SMILES string of the molecule is CC(C(C(c1ccccn1)=S(=O)=O)S(=O)(=O)O)=S(=O)=O. The van der Waals surface area contributed by atoms with Crippen LogP contribution in [0.1, 0.15) is 12.6 Å². The van der Waals surface area contributed by atoms with Crippen molar-refractivity contribution in [3.05, 3.63) is 30.1 Å². The first-order chi connectivity index (χ1) is 9.16. The highest BCUT2D eigenvalue weighted by molar-refractivity contribution is 7.91. The molecule has 0 amide bonds. The Morgan fingerprint density at radius 3 is 2.15 bits per heavy atom. The molecule has 0 aliphatic carbocycles. The average Bonchev–Trinajstić information content (AvgIpc) is 2.34. The summed E-state index contributed by atoms with van der Waals surface area (Å²) in [6, 6.07) is 4.03. The Balaban J connectivity index is 3.81. The van der Waals surface area contributed by atoms with Crippen molar-refractivity contribution < 1.29 is 29.8 Å². The number of aromatic nitrogens is 1. The molecule has 0 saturated heterocycles. The van der Waals surface area contributed by atoms with Gasteiger partial charge in [0, 0.05) is 6.20 Å². The number of hydrogen-bond donors (Lipinski definition) is 1. The van der Waals surface area contributed by atoms with E-state index in [0.29, 0.717) is 0 Å². The molecule has 0 spiro atoms. The summed E-state index contributed by atoms with van der Waals surface area (Å²) in [7, 11) is -11.1. The maximum absolute atomic E-state index is 11.3. The number of pyridine rings is 1. The van der Waals surface area contributed by atoms with Crippen molar-refractivity contribution in [3.8, 4) is 0 Å². The standard InChI is InChI=1S/C9H9NO7S3/c1-6(18(11)12)9(20(15,16)17)8(19(13)14)7-4-2-3-5-10-7/h2-5,9H,1H3,(H,15,16,17). The van der Waals surface area contributed by atoms with Crippen LogP contribution in [0.4, 0.5) is 0 Å². The summed E-state index contributed by atoms with van der Waals surface area (Å²) in [5.41, 5.74) is -0.270. The zero-order valence-corrected chi connectivity index (χ0v) is 12.4. The van der Waals surface area contributed by atoms with Gasteiger partial charge >= 0.3 is 0 Å². The fourth-order valence-corrected chi connectivity index (χ4v) is 4.45. The molecule has 0 saturated carbocycles. The Labute approximate surface area is 117 Å². The molecule has 20 heavy (non-hydrogen) atoms.